The molecule has 9 heteroatoms. The number of hydrogen-bond acceptors (Lipinski definition) is 6. The van der Waals surface area contributed by atoms with Crippen molar-refractivity contribution >= 4 is 39.1 Å². The molecule has 0 unspecified atom stereocenters. The third-order valence-electron chi connectivity index (χ3n) is 5.22. The lowest BCUT2D eigenvalue weighted by molar-refractivity contribution is -0.139. The van der Waals surface area contributed by atoms with E-state index in [0.717, 1.165) is 9.87 Å². The number of likely N-dealkylation sites (N-methyl/N-ethyl adjacent to an activating group) is 1. The second kappa shape index (κ2) is 9.32. The molecule has 0 atom stereocenters. The van der Waals surface area contributed by atoms with Gasteiger partial charge in [0.15, 0.2) is 12.4 Å². The predicted molar refractivity (Wildman–Crippen MR) is 127 cm³/mol. The Morgan fingerprint density at radius 3 is 2.26 bits per heavy atom. The van der Waals surface area contributed by atoms with Crippen molar-refractivity contribution in [2.75, 3.05) is 13.7 Å². The average molecular weight is 498 g/mol. The number of fused-ring (bicyclic) bond motifs is 1. The van der Waals surface area contributed by atoms with E-state index in [1.807, 2.05) is 6.92 Å². The molecule has 0 aromatic heterocycles. The van der Waals surface area contributed by atoms with Gasteiger partial charge in [-0.1, -0.05) is 53.6 Å². The smallest absolute Gasteiger partial charge is 0.349 e. The molecule has 0 N–H and O–H groups in total. The lowest BCUT2D eigenvalue weighted by Crippen LogP contribution is -2.36. The van der Waals surface area contributed by atoms with Crippen molar-refractivity contribution in [2.24, 2.45) is 0 Å². The molecule has 0 bridgehead atoms. The molecule has 1 aliphatic rings. The van der Waals surface area contributed by atoms with Crippen LogP contribution < -0.4 is 4.74 Å². The molecule has 1 aliphatic heterocycles. The Morgan fingerprint density at radius 1 is 0.941 bits per heavy atom. The lowest BCUT2D eigenvalue weighted by Gasteiger charge is -2.30. The van der Waals surface area contributed by atoms with Crippen LogP contribution >= 0.6 is 11.6 Å². The number of carbonyl (C=O) groups is 2. The Balaban J connectivity index is 1.74. The molecule has 4 rings (SSSR count). The molecule has 0 spiro atoms. The zero-order valence-electron chi connectivity index (χ0n) is 18.3. The zero-order valence-corrected chi connectivity index (χ0v) is 19.9. The van der Waals surface area contributed by atoms with Crippen molar-refractivity contribution in [1.29, 1.82) is 0 Å². The molecule has 34 heavy (non-hydrogen) atoms. The summed E-state index contributed by atoms with van der Waals surface area (Å²) in [5.74, 6) is -1.15. The van der Waals surface area contributed by atoms with Crippen LogP contribution in [0.15, 0.2) is 83.4 Å². The first kappa shape index (κ1) is 23.5. The predicted octanol–water partition coefficient (Wildman–Crippen LogP) is 4.46. The number of carbonyl (C=O) groups excluding carboxylic acids is 2. The Kier molecular flexibility index (Phi) is 6.45. The Morgan fingerprint density at radius 2 is 1.59 bits per heavy atom. The maximum atomic E-state index is 13.4. The van der Waals surface area contributed by atoms with Gasteiger partial charge in [-0.15, -0.1) is 0 Å². The number of Topliss-reactive ketones (excluding diaryl/α,β-unsaturated/α-hetero) is 1. The van der Waals surface area contributed by atoms with Gasteiger partial charge < -0.3 is 9.47 Å². The normalized spacial score (nSPS) is 14.4. The molecular weight excluding hydrogens is 478 g/mol. The molecule has 0 radical (unpaired) electrons. The van der Waals surface area contributed by atoms with Crippen molar-refractivity contribution in [3.05, 3.63) is 100 Å². The summed E-state index contributed by atoms with van der Waals surface area (Å²) in [7, 11) is -2.78. The van der Waals surface area contributed by atoms with Crippen LogP contribution in [-0.4, -0.2) is 38.1 Å². The summed E-state index contributed by atoms with van der Waals surface area (Å²) < 4.78 is 38.1. The number of hydrogen-bond donors (Lipinski definition) is 0. The summed E-state index contributed by atoms with van der Waals surface area (Å²) in [5.41, 5.74) is 1.05. The fourth-order valence-corrected chi connectivity index (χ4v) is 4.94. The standard InChI is InChI=1S/C25H20ClNO6S/c1-16-7-9-17(10-8-16)24(29)23-25(20-5-3-4-6-21(20)34(30,31)27(23)2)33-22(28)15-32-19-13-11-18(26)12-14-19/h3-14H,15H2,1-2H3. The molecule has 0 aliphatic carbocycles. The summed E-state index contributed by atoms with van der Waals surface area (Å²) in [5, 5.41) is 0.516. The summed E-state index contributed by atoms with van der Waals surface area (Å²) in [4.78, 5) is 26.0. The summed E-state index contributed by atoms with van der Waals surface area (Å²) in [6.45, 7) is 1.41. The third kappa shape index (κ3) is 4.55. The Bertz CT molecular complexity index is 1400. The minimum Gasteiger partial charge on any atom is -0.482 e. The van der Waals surface area contributed by atoms with Gasteiger partial charge in [0, 0.05) is 23.2 Å². The summed E-state index contributed by atoms with van der Waals surface area (Å²) in [6.07, 6.45) is 0. The van der Waals surface area contributed by atoms with E-state index in [9.17, 15) is 18.0 Å². The number of nitrogens with zero attached hydrogens (tertiary/aromatic N) is 1. The first-order chi connectivity index (χ1) is 16.2. The summed E-state index contributed by atoms with van der Waals surface area (Å²) >= 11 is 5.85. The number of ketones is 1. The van der Waals surface area contributed by atoms with Gasteiger partial charge in [-0.25, -0.2) is 13.2 Å². The van der Waals surface area contributed by atoms with Crippen LogP contribution in [0.3, 0.4) is 0 Å². The van der Waals surface area contributed by atoms with E-state index in [0.29, 0.717) is 10.8 Å². The number of ether oxygens (including phenoxy) is 2. The lowest BCUT2D eigenvalue weighted by atomic mass is 10.0. The first-order valence-electron chi connectivity index (χ1n) is 10.2. The van der Waals surface area contributed by atoms with Gasteiger partial charge in [-0.2, -0.15) is 0 Å². The molecule has 3 aromatic carbocycles. The van der Waals surface area contributed by atoms with E-state index in [-0.39, 0.29) is 27.5 Å². The van der Waals surface area contributed by atoms with Gasteiger partial charge >= 0.3 is 5.97 Å². The minimum absolute atomic E-state index is 0.0700. The van der Waals surface area contributed by atoms with Crippen LogP contribution in [0.25, 0.3) is 5.76 Å². The first-order valence-corrected chi connectivity index (χ1v) is 12.0. The molecule has 0 saturated carbocycles. The van der Waals surface area contributed by atoms with Crippen LogP contribution in [-0.2, 0) is 19.6 Å². The maximum Gasteiger partial charge on any atom is 0.349 e. The number of rotatable bonds is 6. The van der Waals surface area contributed by atoms with E-state index < -0.39 is 28.4 Å². The van der Waals surface area contributed by atoms with Crippen molar-refractivity contribution in [1.82, 2.24) is 4.31 Å². The number of aryl methyl sites for hydroxylation is 1. The van der Waals surface area contributed by atoms with Crippen molar-refractivity contribution in [2.45, 2.75) is 11.8 Å². The molecule has 3 aromatic rings. The van der Waals surface area contributed by atoms with E-state index in [1.165, 1.54) is 19.2 Å². The highest BCUT2D eigenvalue weighted by Crippen LogP contribution is 2.38. The largest absolute Gasteiger partial charge is 0.482 e. The topological polar surface area (TPSA) is 90.0 Å². The third-order valence-corrected chi connectivity index (χ3v) is 7.28. The monoisotopic (exact) mass is 497 g/mol. The molecule has 0 amide bonds. The number of sulfonamides is 1. The van der Waals surface area contributed by atoms with Gasteiger partial charge in [-0.3, -0.25) is 9.10 Å². The van der Waals surface area contributed by atoms with E-state index in [2.05, 4.69) is 0 Å². The van der Waals surface area contributed by atoms with E-state index in [1.54, 1.807) is 60.7 Å². The quantitative estimate of drug-likeness (QED) is 0.369. The van der Waals surface area contributed by atoms with E-state index in [4.69, 9.17) is 21.1 Å². The Labute approximate surface area is 202 Å². The van der Waals surface area contributed by atoms with Crippen LogP contribution in [0.2, 0.25) is 5.02 Å². The summed E-state index contributed by atoms with van der Waals surface area (Å²) in [6, 6.07) is 19.1. The van der Waals surface area contributed by atoms with Gasteiger partial charge in [0.2, 0.25) is 5.78 Å². The van der Waals surface area contributed by atoms with Gasteiger partial charge in [0.1, 0.15) is 11.4 Å². The molecule has 174 valence electrons. The Hall–Kier alpha value is -3.62. The van der Waals surface area contributed by atoms with Crippen molar-refractivity contribution in [3.63, 3.8) is 0 Å². The SMILES string of the molecule is Cc1ccc(C(=O)C2=C(OC(=O)COc3ccc(Cl)cc3)c3ccccc3S(=O)(=O)N2C)cc1. The average Bonchev–Trinajstić information content (AvgIpc) is 2.83. The molecule has 7 nitrogen and oxygen atoms in total. The fourth-order valence-electron chi connectivity index (χ4n) is 3.42. The highest BCUT2D eigenvalue weighted by Gasteiger charge is 2.39. The van der Waals surface area contributed by atoms with Crippen molar-refractivity contribution < 1.29 is 27.5 Å². The van der Waals surface area contributed by atoms with Crippen molar-refractivity contribution in [3.8, 4) is 5.75 Å². The van der Waals surface area contributed by atoms with Crippen LogP contribution in [0.5, 0.6) is 5.75 Å². The number of esters is 1. The van der Waals surface area contributed by atoms with Gasteiger partial charge in [0.25, 0.3) is 10.0 Å². The number of allylic oxidation sites excluding steroid dienone is 1. The highest BCUT2D eigenvalue weighted by molar-refractivity contribution is 7.89. The van der Waals surface area contributed by atoms with Crippen LogP contribution in [0, 0.1) is 6.92 Å². The fraction of sp³-hybridized carbons (Fsp3) is 0.120. The molecular formula is C25H20ClNO6S. The second-order valence-electron chi connectivity index (χ2n) is 7.56. The minimum atomic E-state index is -4.04. The van der Waals surface area contributed by atoms with Crippen LogP contribution in [0.1, 0.15) is 21.5 Å². The zero-order chi connectivity index (χ0) is 24.5. The maximum absolute atomic E-state index is 13.4. The number of benzene rings is 3. The molecule has 1 heterocycles. The molecule has 0 fully saturated rings. The second-order valence-corrected chi connectivity index (χ2v) is 9.93. The van der Waals surface area contributed by atoms with Gasteiger partial charge in [0.05, 0.1) is 4.90 Å². The molecule has 0 saturated heterocycles. The van der Waals surface area contributed by atoms with E-state index >= 15 is 0 Å². The van der Waals surface area contributed by atoms with Gasteiger partial charge in [-0.05, 0) is 43.3 Å². The number of halogens is 1. The van der Waals surface area contributed by atoms with Crippen LogP contribution in [0.4, 0.5) is 0 Å². The highest BCUT2D eigenvalue weighted by atomic mass is 35.5.